The van der Waals surface area contributed by atoms with Gasteiger partial charge in [0.05, 0.1) is 17.5 Å². The number of phenols is 1. The van der Waals surface area contributed by atoms with Crippen LogP contribution in [0, 0.1) is 0 Å². The number of aromatic hydroxyl groups is 1. The van der Waals surface area contributed by atoms with Gasteiger partial charge in [-0.25, -0.2) is 0 Å². The van der Waals surface area contributed by atoms with Crippen molar-refractivity contribution in [2.24, 2.45) is 0 Å². The number of benzene rings is 3. The largest absolute Gasteiger partial charge is 0.508 e. The lowest BCUT2D eigenvalue weighted by Gasteiger charge is -2.19. The molecule has 8 heteroatoms. The number of nitrogens with one attached hydrogen (secondary N) is 1. The normalized spacial score (nSPS) is 10.8. The molecule has 4 rings (SSSR count). The number of aromatic nitrogens is 4. The van der Waals surface area contributed by atoms with Crippen molar-refractivity contribution in [2.45, 2.75) is 11.2 Å². The second kappa shape index (κ2) is 9.23. The molecule has 2 N–H and O–H groups in total. The highest BCUT2D eigenvalue weighted by atomic mass is 32.2. The molecule has 30 heavy (non-hydrogen) atoms. The van der Waals surface area contributed by atoms with Gasteiger partial charge in [0, 0.05) is 0 Å². The van der Waals surface area contributed by atoms with Crippen molar-refractivity contribution in [2.75, 3.05) is 5.75 Å². The molecule has 1 aromatic heterocycles. The molecule has 0 aliphatic heterocycles. The Labute approximate surface area is 177 Å². The first kappa shape index (κ1) is 19.7. The predicted molar refractivity (Wildman–Crippen MR) is 114 cm³/mol. The predicted octanol–water partition coefficient (Wildman–Crippen LogP) is 3.37. The molecular formula is C22H19N5O2S. The Bertz CT molecular complexity index is 1060. The monoisotopic (exact) mass is 417 g/mol. The molecule has 1 amide bonds. The summed E-state index contributed by atoms with van der Waals surface area (Å²) < 4.78 is 1.53. The second-order valence-electron chi connectivity index (χ2n) is 6.50. The number of rotatable bonds is 7. The lowest BCUT2D eigenvalue weighted by Crippen LogP contribution is -2.30. The van der Waals surface area contributed by atoms with Gasteiger partial charge in [-0.2, -0.15) is 4.68 Å². The van der Waals surface area contributed by atoms with E-state index in [-0.39, 0.29) is 23.5 Å². The van der Waals surface area contributed by atoms with Gasteiger partial charge in [-0.15, -0.1) is 5.10 Å². The number of tetrazole rings is 1. The van der Waals surface area contributed by atoms with E-state index in [1.165, 1.54) is 16.4 Å². The van der Waals surface area contributed by atoms with Crippen LogP contribution in [0.5, 0.6) is 5.75 Å². The van der Waals surface area contributed by atoms with Crippen molar-refractivity contribution >= 4 is 17.7 Å². The van der Waals surface area contributed by atoms with E-state index in [0.717, 1.165) is 11.1 Å². The van der Waals surface area contributed by atoms with E-state index in [4.69, 9.17) is 0 Å². The summed E-state index contributed by atoms with van der Waals surface area (Å²) in [5.41, 5.74) is 2.72. The zero-order valence-corrected chi connectivity index (χ0v) is 16.7. The highest BCUT2D eigenvalue weighted by molar-refractivity contribution is 7.99. The summed E-state index contributed by atoms with van der Waals surface area (Å²) in [6.45, 7) is 0. The Morgan fingerprint density at radius 3 is 2.13 bits per heavy atom. The van der Waals surface area contributed by atoms with E-state index in [1.807, 2.05) is 60.7 Å². The molecule has 0 fully saturated rings. The molecule has 0 saturated heterocycles. The smallest absolute Gasteiger partial charge is 0.231 e. The van der Waals surface area contributed by atoms with Crippen LogP contribution in [-0.4, -0.2) is 37.0 Å². The summed E-state index contributed by atoms with van der Waals surface area (Å²) in [7, 11) is 0. The summed E-state index contributed by atoms with van der Waals surface area (Å²) in [6.07, 6.45) is 0. The van der Waals surface area contributed by atoms with Crippen molar-refractivity contribution in [3.05, 3.63) is 96.1 Å². The summed E-state index contributed by atoms with van der Waals surface area (Å²) in [5.74, 6) is 0.195. The van der Waals surface area contributed by atoms with Gasteiger partial charge in [0.2, 0.25) is 11.1 Å². The van der Waals surface area contributed by atoms with Crippen molar-refractivity contribution in [3.63, 3.8) is 0 Å². The van der Waals surface area contributed by atoms with Crippen LogP contribution < -0.4 is 5.32 Å². The quantitative estimate of drug-likeness (QED) is 0.448. The van der Waals surface area contributed by atoms with Gasteiger partial charge in [-0.1, -0.05) is 72.4 Å². The number of nitrogens with zero attached hydrogens (tertiary/aromatic N) is 4. The van der Waals surface area contributed by atoms with Gasteiger partial charge in [-0.3, -0.25) is 4.79 Å². The first-order valence-corrected chi connectivity index (χ1v) is 10.3. The highest BCUT2D eigenvalue weighted by Gasteiger charge is 2.18. The minimum Gasteiger partial charge on any atom is -0.508 e. The van der Waals surface area contributed by atoms with Crippen LogP contribution in [0.4, 0.5) is 0 Å². The van der Waals surface area contributed by atoms with Gasteiger partial charge in [0.25, 0.3) is 0 Å². The Morgan fingerprint density at radius 1 is 0.933 bits per heavy atom. The Balaban J connectivity index is 1.46. The average molecular weight is 417 g/mol. The SMILES string of the molecule is O=C(CSc1nnnn1-c1ccc(O)cc1)NC(c1ccccc1)c1ccccc1. The number of carbonyl (C=O) groups excluding carboxylic acids is 1. The number of hydrogen-bond acceptors (Lipinski definition) is 6. The highest BCUT2D eigenvalue weighted by Crippen LogP contribution is 2.23. The lowest BCUT2D eigenvalue weighted by atomic mass is 9.99. The molecular weight excluding hydrogens is 398 g/mol. The van der Waals surface area contributed by atoms with E-state index < -0.39 is 0 Å². The molecule has 0 radical (unpaired) electrons. The van der Waals surface area contributed by atoms with E-state index in [1.54, 1.807) is 24.3 Å². The zero-order chi connectivity index (χ0) is 20.8. The Kier molecular flexibility index (Phi) is 6.05. The van der Waals surface area contributed by atoms with Crippen molar-refractivity contribution in [1.29, 1.82) is 0 Å². The van der Waals surface area contributed by atoms with E-state index >= 15 is 0 Å². The van der Waals surface area contributed by atoms with Gasteiger partial charge in [0.1, 0.15) is 5.75 Å². The van der Waals surface area contributed by atoms with Crippen LogP contribution in [0.1, 0.15) is 17.2 Å². The summed E-state index contributed by atoms with van der Waals surface area (Å²) >= 11 is 1.25. The maximum Gasteiger partial charge on any atom is 0.231 e. The Morgan fingerprint density at radius 2 is 1.53 bits per heavy atom. The van der Waals surface area contributed by atoms with E-state index in [2.05, 4.69) is 20.8 Å². The summed E-state index contributed by atoms with van der Waals surface area (Å²) in [5, 5.41) is 24.7. The fourth-order valence-electron chi connectivity index (χ4n) is 3.01. The first-order chi connectivity index (χ1) is 14.7. The molecule has 4 aromatic rings. The van der Waals surface area contributed by atoms with Crippen LogP contribution in [0.2, 0.25) is 0 Å². The molecule has 150 valence electrons. The zero-order valence-electron chi connectivity index (χ0n) is 15.9. The molecule has 0 bridgehead atoms. The van der Waals surface area contributed by atoms with Gasteiger partial charge >= 0.3 is 0 Å². The summed E-state index contributed by atoms with van der Waals surface area (Å²) in [6, 6.07) is 26.0. The number of amides is 1. The molecule has 0 aliphatic carbocycles. The summed E-state index contributed by atoms with van der Waals surface area (Å²) in [4.78, 5) is 12.7. The van der Waals surface area contributed by atoms with Crippen LogP contribution in [0.25, 0.3) is 5.69 Å². The van der Waals surface area contributed by atoms with Gasteiger partial charge < -0.3 is 10.4 Å². The molecule has 1 heterocycles. The molecule has 0 unspecified atom stereocenters. The van der Waals surface area contributed by atoms with Crippen LogP contribution in [0.3, 0.4) is 0 Å². The van der Waals surface area contributed by atoms with E-state index in [0.29, 0.717) is 10.8 Å². The minimum absolute atomic E-state index is 0.127. The molecule has 0 saturated carbocycles. The van der Waals surface area contributed by atoms with Gasteiger partial charge in [-0.05, 0) is 45.8 Å². The third-order valence-corrected chi connectivity index (χ3v) is 5.36. The third-order valence-electron chi connectivity index (χ3n) is 4.44. The van der Waals surface area contributed by atoms with Crippen molar-refractivity contribution in [1.82, 2.24) is 25.5 Å². The first-order valence-electron chi connectivity index (χ1n) is 9.30. The fourth-order valence-corrected chi connectivity index (χ4v) is 3.71. The average Bonchev–Trinajstić information content (AvgIpc) is 3.26. The van der Waals surface area contributed by atoms with Crippen molar-refractivity contribution < 1.29 is 9.90 Å². The molecule has 7 nitrogen and oxygen atoms in total. The minimum atomic E-state index is -0.242. The Hall–Kier alpha value is -3.65. The number of carbonyl (C=O) groups is 1. The molecule has 0 atom stereocenters. The fraction of sp³-hybridized carbons (Fsp3) is 0.0909. The number of thioether (sulfide) groups is 1. The molecule has 0 aliphatic rings. The second-order valence-corrected chi connectivity index (χ2v) is 7.44. The molecule has 0 spiro atoms. The van der Waals surface area contributed by atoms with Crippen LogP contribution >= 0.6 is 11.8 Å². The van der Waals surface area contributed by atoms with Crippen molar-refractivity contribution in [3.8, 4) is 11.4 Å². The van der Waals surface area contributed by atoms with E-state index in [9.17, 15) is 9.90 Å². The number of phenolic OH excluding ortho intramolecular Hbond substituents is 1. The number of hydrogen-bond donors (Lipinski definition) is 2. The third kappa shape index (κ3) is 4.66. The van der Waals surface area contributed by atoms with Crippen LogP contribution in [0.15, 0.2) is 90.1 Å². The standard InChI is InChI=1S/C22H19N5O2S/c28-19-13-11-18(12-14-19)27-22(24-25-26-27)30-15-20(29)23-21(16-7-3-1-4-8-16)17-9-5-2-6-10-17/h1-14,21,28H,15H2,(H,23,29). The maximum absolute atomic E-state index is 12.7. The van der Waals surface area contributed by atoms with Gasteiger partial charge in [0.15, 0.2) is 0 Å². The topological polar surface area (TPSA) is 92.9 Å². The maximum atomic E-state index is 12.7. The van der Waals surface area contributed by atoms with Crippen LogP contribution in [-0.2, 0) is 4.79 Å². The lowest BCUT2D eigenvalue weighted by molar-refractivity contribution is -0.119. The molecule has 3 aromatic carbocycles.